The zero-order chi connectivity index (χ0) is 13.3. The van der Waals surface area contributed by atoms with E-state index in [2.05, 4.69) is 42.7 Å². The van der Waals surface area contributed by atoms with E-state index in [1.165, 1.54) is 22.6 Å². The van der Waals surface area contributed by atoms with E-state index in [1.807, 2.05) is 30.9 Å². The molecule has 96 valence electrons. The first-order chi connectivity index (χ1) is 9.84. The Kier molecular flexibility index (Phi) is 1.65. The van der Waals surface area contributed by atoms with E-state index in [9.17, 15) is 0 Å². The Balaban J connectivity index is 1.98. The minimum Gasteiger partial charge on any atom is -0.258 e. The van der Waals surface area contributed by atoms with Gasteiger partial charge < -0.3 is 0 Å². The van der Waals surface area contributed by atoms with E-state index in [0.717, 1.165) is 17.8 Å². The van der Waals surface area contributed by atoms with Crippen molar-refractivity contribution in [1.29, 1.82) is 0 Å². The first-order valence-electron chi connectivity index (χ1n) is 6.62. The van der Waals surface area contributed by atoms with Gasteiger partial charge in [0.2, 0.25) is 0 Å². The lowest BCUT2D eigenvalue weighted by Gasteiger charge is -1.96. The van der Waals surface area contributed by atoms with Crippen LogP contribution in [0.5, 0.6) is 0 Å². The molecule has 0 N–H and O–H groups in total. The van der Waals surface area contributed by atoms with Gasteiger partial charge in [0.15, 0.2) is 5.52 Å². The molecule has 4 aromatic heterocycles. The van der Waals surface area contributed by atoms with Gasteiger partial charge in [0, 0.05) is 17.8 Å². The van der Waals surface area contributed by atoms with E-state index < -0.39 is 0 Å². The van der Waals surface area contributed by atoms with Crippen molar-refractivity contribution in [3.8, 4) is 11.5 Å². The van der Waals surface area contributed by atoms with Crippen molar-refractivity contribution < 1.29 is 4.57 Å². The third-order valence-corrected chi connectivity index (χ3v) is 4.14. The van der Waals surface area contributed by atoms with Gasteiger partial charge >= 0.3 is 0 Å². The van der Waals surface area contributed by atoms with Crippen LogP contribution in [-0.2, 0) is 13.6 Å². The van der Waals surface area contributed by atoms with Crippen molar-refractivity contribution in [2.45, 2.75) is 6.54 Å². The van der Waals surface area contributed by atoms with Gasteiger partial charge in [-0.2, -0.15) is 0 Å². The maximum Gasteiger partial charge on any atom is 0.273 e. The molecule has 5 rings (SSSR count). The fourth-order valence-corrected chi connectivity index (χ4v) is 3.31. The number of aryl methyl sites for hydroxylation is 1. The molecule has 5 heterocycles. The highest BCUT2D eigenvalue weighted by Crippen LogP contribution is 2.32. The summed E-state index contributed by atoms with van der Waals surface area (Å²) < 4.78 is 6.73. The van der Waals surface area contributed by atoms with Crippen molar-refractivity contribution in [3.63, 3.8) is 0 Å². The summed E-state index contributed by atoms with van der Waals surface area (Å²) in [6.07, 6.45) is 7.59. The summed E-state index contributed by atoms with van der Waals surface area (Å²) in [4.78, 5) is 8.75. The maximum absolute atomic E-state index is 4.55. The van der Waals surface area contributed by atoms with E-state index in [1.54, 1.807) is 0 Å². The van der Waals surface area contributed by atoms with E-state index >= 15 is 0 Å². The molecule has 0 amide bonds. The van der Waals surface area contributed by atoms with Crippen LogP contribution in [-0.4, -0.2) is 18.9 Å². The first kappa shape index (κ1) is 10.1. The fraction of sp³-hybridized carbons (Fsp3) is 0.133. The zero-order valence-corrected chi connectivity index (χ0v) is 11.0. The highest BCUT2D eigenvalue weighted by Gasteiger charge is 2.33. The molecule has 0 atom stereocenters. The van der Waals surface area contributed by atoms with Crippen LogP contribution in [0.3, 0.4) is 0 Å². The largest absolute Gasteiger partial charge is 0.273 e. The summed E-state index contributed by atoms with van der Waals surface area (Å²) in [7, 11) is 2.10. The highest BCUT2D eigenvalue weighted by atomic mass is 15.2. The summed E-state index contributed by atoms with van der Waals surface area (Å²) in [6.45, 7) is 0.889. The topological polar surface area (TPSA) is 39.0 Å². The van der Waals surface area contributed by atoms with Crippen LogP contribution in [0.1, 0.15) is 5.56 Å². The van der Waals surface area contributed by atoms with Gasteiger partial charge in [0.05, 0.1) is 32.2 Å². The minimum absolute atomic E-state index is 0.889. The Labute approximate surface area is 114 Å². The number of nitrogens with zero attached hydrogens (tertiary/aromatic N) is 5. The summed E-state index contributed by atoms with van der Waals surface area (Å²) in [6, 6.07) is 6.35. The molecular weight excluding hydrogens is 250 g/mol. The first-order valence-corrected chi connectivity index (χ1v) is 6.62. The van der Waals surface area contributed by atoms with Gasteiger partial charge in [-0.25, -0.2) is 18.5 Å². The van der Waals surface area contributed by atoms with Gasteiger partial charge in [-0.1, -0.05) is 6.07 Å². The SMILES string of the molecule is C[n+]1c2n(c3cc4cnccn4c31)Cc1cccnc1-2. The second-order valence-electron chi connectivity index (χ2n) is 5.20. The van der Waals surface area contributed by atoms with E-state index in [-0.39, 0.29) is 0 Å². The highest BCUT2D eigenvalue weighted by molar-refractivity contribution is 5.82. The fourth-order valence-electron chi connectivity index (χ4n) is 3.31. The molecule has 1 aliphatic heterocycles. The third-order valence-electron chi connectivity index (χ3n) is 4.14. The zero-order valence-electron chi connectivity index (χ0n) is 11.0. The minimum atomic E-state index is 0.889. The Morgan fingerprint density at radius 1 is 1.30 bits per heavy atom. The van der Waals surface area contributed by atoms with Crippen LogP contribution in [0, 0.1) is 0 Å². The molecule has 0 saturated heterocycles. The molecule has 0 bridgehead atoms. The normalized spacial score (nSPS) is 13.1. The molecule has 0 radical (unpaired) electrons. The predicted octanol–water partition coefficient (Wildman–Crippen LogP) is 1.54. The monoisotopic (exact) mass is 262 g/mol. The van der Waals surface area contributed by atoms with Crippen molar-refractivity contribution >= 4 is 16.7 Å². The molecule has 0 saturated carbocycles. The van der Waals surface area contributed by atoms with E-state index in [0.29, 0.717) is 0 Å². The lowest BCUT2D eigenvalue weighted by atomic mass is 10.2. The smallest absolute Gasteiger partial charge is 0.258 e. The second-order valence-corrected chi connectivity index (χ2v) is 5.20. The van der Waals surface area contributed by atoms with Gasteiger partial charge in [0.25, 0.3) is 11.5 Å². The molecule has 5 nitrogen and oxygen atoms in total. The van der Waals surface area contributed by atoms with Crippen molar-refractivity contribution in [2.24, 2.45) is 7.05 Å². The summed E-state index contributed by atoms with van der Waals surface area (Å²) in [5.41, 5.74) is 5.91. The molecule has 5 heteroatoms. The van der Waals surface area contributed by atoms with Crippen LogP contribution in [0.2, 0.25) is 0 Å². The Morgan fingerprint density at radius 3 is 3.20 bits per heavy atom. The van der Waals surface area contributed by atoms with Crippen LogP contribution in [0.25, 0.3) is 28.2 Å². The van der Waals surface area contributed by atoms with Gasteiger partial charge in [-0.15, -0.1) is 0 Å². The molecule has 0 unspecified atom stereocenters. The quantitative estimate of drug-likeness (QED) is 0.397. The summed E-state index contributed by atoms with van der Waals surface area (Å²) >= 11 is 0. The van der Waals surface area contributed by atoms with Crippen LogP contribution >= 0.6 is 0 Å². The number of rotatable bonds is 0. The summed E-state index contributed by atoms with van der Waals surface area (Å²) in [5.74, 6) is 1.18. The molecule has 0 aliphatic carbocycles. The van der Waals surface area contributed by atoms with Crippen LogP contribution < -0.4 is 4.57 Å². The Bertz CT molecular complexity index is 992. The molecule has 1 aliphatic rings. The van der Waals surface area contributed by atoms with Crippen LogP contribution in [0.15, 0.2) is 43.0 Å². The lowest BCUT2D eigenvalue weighted by Crippen LogP contribution is -2.30. The predicted molar refractivity (Wildman–Crippen MR) is 74.2 cm³/mol. The van der Waals surface area contributed by atoms with Crippen LogP contribution in [0.4, 0.5) is 0 Å². The Morgan fingerprint density at radius 2 is 2.25 bits per heavy atom. The average molecular weight is 262 g/mol. The third kappa shape index (κ3) is 1.02. The lowest BCUT2D eigenvalue weighted by molar-refractivity contribution is -0.636. The van der Waals surface area contributed by atoms with E-state index in [4.69, 9.17) is 0 Å². The summed E-state index contributed by atoms with van der Waals surface area (Å²) in [5, 5.41) is 0. The van der Waals surface area contributed by atoms with Gasteiger partial charge in [-0.3, -0.25) is 4.98 Å². The number of imidazole rings is 1. The maximum atomic E-state index is 4.55. The van der Waals surface area contributed by atoms with Crippen molar-refractivity contribution in [2.75, 3.05) is 0 Å². The Hall–Kier alpha value is -2.69. The van der Waals surface area contributed by atoms with Gasteiger partial charge in [0.1, 0.15) is 11.2 Å². The molecule has 20 heavy (non-hydrogen) atoms. The molecule has 0 spiro atoms. The van der Waals surface area contributed by atoms with Gasteiger partial charge in [-0.05, 0) is 6.07 Å². The van der Waals surface area contributed by atoms with Crippen molar-refractivity contribution in [3.05, 3.63) is 48.5 Å². The standard InChI is InChI=1S/C15H12N5/c1-18-14-12(7-11-8-16-5-6-19(11)14)20-9-10-3-2-4-17-13(10)15(18)20/h2-8H,9H2,1H3/q+1. The molecule has 0 fully saturated rings. The number of pyridine rings is 1. The second kappa shape index (κ2) is 3.25. The number of fused-ring (bicyclic) bond motifs is 7. The molecular formula is C15H12N5+. The van der Waals surface area contributed by atoms with Crippen molar-refractivity contribution in [1.82, 2.24) is 18.9 Å². The number of hydrogen-bond acceptors (Lipinski definition) is 2. The number of hydrogen-bond donors (Lipinski definition) is 0. The number of aromatic nitrogens is 5. The molecule has 4 aromatic rings. The molecule has 0 aromatic carbocycles. The average Bonchev–Trinajstić information content (AvgIpc) is 3.10.